The second-order valence-electron chi connectivity index (χ2n) is 5.34. The number of methoxy groups -OCH3 is 1. The van der Waals surface area contributed by atoms with Crippen LogP contribution in [0.5, 0.6) is 5.75 Å². The van der Waals surface area contributed by atoms with E-state index in [9.17, 15) is 0 Å². The van der Waals surface area contributed by atoms with Crippen LogP contribution >= 0.6 is 0 Å². The van der Waals surface area contributed by atoms with Gasteiger partial charge in [0, 0.05) is 45.6 Å². The molecule has 2 aliphatic rings. The van der Waals surface area contributed by atoms with E-state index in [0.717, 1.165) is 5.75 Å². The van der Waals surface area contributed by atoms with Gasteiger partial charge in [-0.3, -0.25) is 0 Å². The van der Waals surface area contributed by atoms with Crippen LogP contribution in [0.4, 0.5) is 0 Å². The molecule has 2 aromatic carbocycles. The van der Waals surface area contributed by atoms with Crippen LogP contribution in [0.2, 0.25) is 0 Å². The molecule has 2 aliphatic heterocycles. The molecule has 4 unspecified atom stereocenters. The SMILES string of the molecule is COC1COC2C(Oc3cc[c-]cc3)COC12.[Y].[c-]1ccccc1. The monoisotopic (exact) mass is 401 g/mol. The van der Waals surface area contributed by atoms with E-state index in [-0.39, 0.29) is 57.1 Å². The van der Waals surface area contributed by atoms with Crippen LogP contribution in [0.1, 0.15) is 0 Å². The van der Waals surface area contributed by atoms with Gasteiger partial charge in [-0.1, -0.05) is 0 Å². The van der Waals surface area contributed by atoms with Crippen LogP contribution in [-0.4, -0.2) is 44.7 Å². The average molecular weight is 401 g/mol. The Labute approximate surface area is 168 Å². The van der Waals surface area contributed by atoms with Gasteiger partial charge in [-0.2, -0.15) is 54.6 Å². The predicted molar refractivity (Wildman–Crippen MR) is 85.2 cm³/mol. The van der Waals surface area contributed by atoms with Crippen molar-refractivity contribution in [2.75, 3.05) is 20.3 Å². The van der Waals surface area contributed by atoms with Gasteiger partial charge in [0.1, 0.15) is 24.4 Å². The average Bonchev–Trinajstić information content (AvgIpc) is 3.21. The summed E-state index contributed by atoms with van der Waals surface area (Å²) in [4.78, 5) is 0. The van der Waals surface area contributed by atoms with Gasteiger partial charge in [0.15, 0.2) is 0 Å². The largest absolute Gasteiger partial charge is 0.511 e. The molecular formula is C19H20O4Y-2. The fraction of sp³-hybridized carbons (Fsp3) is 0.368. The van der Waals surface area contributed by atoms with Crippen molar-refractivity contribution in [3.8, 4) is 5.75 Å². The normalized spacial score (nSPS) is 27.4. The van der Waals surface area contributed by atoms with E-state index in [1.807, 2.05) is 54.6 Å². The van der Waals surface area contributed by atoms with E-state index in [1.165, 1.54) is 0 Å². The van der Waals surface area contributed by atoms with Crippen LogP contribution in [0.15, 0.2) is 54.6 Å². The molecule has 0 N–H and O–H groups in total. The second-order valence-corrected chi connectivity index (χ2v) is 5.34. The van der Waals surface area contributed by atoms with Gasteiger partial charge in [-0.15, -0.1) is 12.1 Å². The quantitative estimate of drug-likeness (QED) is 0.741. The van der Waals surface area contributed by atoms with Gasteiger partial charge >= 0.3 is 0 Å². The van der Waals surface area contributed by atoms with Gasteiger partial charge in [0.05, 0.1) is 13.2 Å². The molecule has 2 aromatic rings. The first kappa shape index (κ1) is 19.5. The zero-order chi connectivity index (χ0) is 15.9. The van der Waals surface area contributed by atoms with Gasteiger partial charge in [-0.25, -0.2) is 0 Å². The molecule has 24 heavy (non-hydrogen) atoms. The minimum atomic E-state index is -0.0532. The summed E-state index contributed by atoms with van der Waals surface area (Å²) in [6.45, 7) is 1.13. The first-order valence-corrected chi connectivity index (χ1v) is 7.68. The minimum Gasteiger partial charge on any atom is -0.511 e. The van der Waals surface area contributed by atoms with Crippen LogP contribution in [-0.2, 0) is 46.9 Å². The minimum absolute atomic E-state index is 0. The van der Waals surface area contributed by atoms with Gasteiger partial charge in [0.25, 0.3) is 0 Å². The topological polar surface area (TPSA) is 36.9 Å². The maximum atomic E-state index is 5.86. The van der Waals surface area contributed by atoms with E-state index >= 15 is 0 Å². The Balaban J connectivity index is 0.000000254. The van der Waals surface area contributed by atoms with Gasteiger partial charge in [0.2, 0.25) is 0 Å². The Bertz CT molecular complexity index is 539. The number of rotatable bonds is 3. The molecule has 0 aliphatic carbocycles. The standard InChI is InChI=1S/C13H15O4.C6H5.Y/c1-14-10-7-15-13-11(8-16-12(10)13)17-9-5-3-2-4-6-9;1-2-4-6-5-3-1;/h3-6,10-13H,7-8H2,1H3;1-5H;/q2*-1;. The molecule has 0 spiro atoms. The fourth-order valence-electron chi connectivity index (χ4n) is 2.70. The van der Waals surface area contributed by atoms with Crippen molar-refractivity contribution in [1.82, 2.24) is 0 Å². The zero-order valence-corrected chi connectivity index (χ0v) is 16.5. The molecule has 4 rings (SSSR count). The molecule has 2 heterocycles. The summed E-state index contributed by atoms with van der Waals surface area (Å²) >= 11 is 0. The Morgan fingerprint density at radius 2 is 1.46 bits per heavy atom. The molecule has 4 atom stereocenters. The van der Waals surface area contributed by atoms with E-state index in [4.69, 9.17) is 18.9 Å². The first-order valence-electron chi connectivity index (χ1n) is 7.68. The maximum absolute atomic E-state index is 5.86. The number of benzene rings is 2. The van der Waals surface area contributed by atoms with E-state index < -0.39 is 0 Å². The van der Waals surface area contributed by atoms with Crippen molar-refractivity contribution in [3.05, 3.63) is 66.7 Å². The smallest absolute Gasteiger partial charge is 0.147 e. The number of fused-ring (bicyclic) bond motifs is 1. The van der Waals surface area contributed by atoms with E-state index in [2.05, 4.69) is 12.1 Å². The Morgan fingerprint density at radius 3 is 2.00 bits per heavy atom. The van der Waals surface area contributed by atoms with Crippen LogP contribution < -0.4 is 4.74 Å². The van der Waals surface area contributed by atoms with Crippen LogP contribution in [0.25, 0.3) is 0 Å². The van der Waals surface area contributed by atoms with Gasteiger partial charge in [-0.05, 0) is 0 Å². The van der Waals surface area contributed by atoms with Gasteiger partial charge < -0.3 is 18.9 Å². The third-order valence-corrected chi connectivity index (χ3v) is 3.85. The Hall–Kier alpha value is -0.776. The van der Waals surface area contributed by atoms with Crippen molar-refractivity contribution in [2.45, 2.75) is 24.4 Å². The summed E-state index contributed by atoms with van der Waals surface area (Å²) in [5.74, 6) is 0.822. The molecule has 2 fully saturated rings. The van der Waals surface area contributed by atoms with Crippen molar-refractivity contribution < 1.29 is 51.7 Å². The summed E-state index contributed by atoms with van der Waals surface area (Å²) in [5, 5.41) is 0. The molecule has 2 saturated heterocycles. The fourth-order valence-corrected chi connectivity index (χ4v) is 2.70. The Morgan fingerprint density at radius 1 is 0.875 bits per heavy atom. The molecule has 1 radical (unpaired) electrons. The third-order valence-electron chi connectivity index (χ3n) is 3.85. The van der Waals surface area contributed by atoms with Crippen molar-refractivity contribution in [3.63, 3.8) is 0 Å². The molecule has 125 valence electrons. The molecule has 5 heteroatoms. The summed E-state index contributed by atoms with van der Waals surface area (Å²) in [6.07, 6.45) is -0.0512. The van der Waals surface area contributed by atoms with E-state index in [1.54, 1.807) is 7.11 Å². The van der Waals surface area contributed by atoms with Crippen molar-refractivity contribution in [1.29, 1.82) is 0 Å². The summed E-state index contributed by atoms with van der Waals surface area (Å²) in [5.41, 5.74) is 0. The molecule has 0 saturated carbocycles. The maximum Gasteiger partial charge on any atom is 0.147 e. The second kappa shape index (κ2) is 10.3. The summed E-state index contributed by atoms with van der Waals surface area (Å²) < 4.78 is 22.5. The van der Waals surface area contributed by atoms with Crippen molar-refractivity contribution >= 4 is 0 Å². The van der Waals surface area contributed by atoms with E-state index in [0.29, 0.717) is 13.2 Å². The number of ether oxygens (including phenoxy) is 4. The molecule has 0 bridgehead atoms. The summed E-state index contributed by atoms with van der Waals surface area (Å²) in [7, 11) is 1.68. The van der Waals surface area contributed by atoms with Crippen LogP contribution in [0.3, 0.4) is 0 Å². The molecular weight excluding hydrogens is 381 g/mol. The van der Waals surface area contributed by atoms with Crippen molar-refractivity contribution in [2.24, 2.45) is 0 Å². The number of hydrogen-bond acceptors (Lipinski definition) is 4. The molecule has 0 aromatic heterocycles. The number of hydrogen-bond donors (Lipinski definition) is 0. The molecule has 4 nitrogen and oxygen atoms in total. The molecule has 0 amide bonds. The predicted octanol–water partition coefficient (Wildman–Crippen LogP) is 2.53. The van der Waals surface area contributed by atoms with Crippen LogP contribution in [0, 0.1) is 12.1 Å². The first-order chi connectivity index (χ1) is 11.4. The zero-order valence-electron chi connectivity index (χ0n) is 13.6. The Kier molecular flexibility index (Phi) is 8.36. The summed E-state index contributed by atoms with van der Waals surface area (Å²) in [6, 6.07) is 22.9. The third kappa shape index (κ3) is 5.11.